The summed E-state index contributed by atoms with van der Waals surface area (Å²) in [5.41, 5.74) is 0.432. The molecule has 3 rings (SSSR count). The van der Waals surface area contributed by atoms with Gasteiger partial charge in [-0.25, -0.2) is 4.79 Å². The highest BCUT2D eigenvalue weighted by Gasteiger charge is 2.30. The Morgan fingerprint density at radius 3 is 2.83 bits per heavy atom. The lowest BCUT2D eigenvalue weighted by Gasteiger charge is -2.31. The molecule has 0 saturated carbocycles. The number of hydrogen-bond donors (Lipinski definition) is 1. The van der Waals surface area contributed by atoms with Crippen molar-refractivity contribution in [3.63, 3.8) is 0 Å². The maximum Gasteiger partial charge on any atom is 0.334 e. The molecule has 2 heterocycles. The van der Waals surface area contributed by atoms with Crippen LogP contribution in [0.3, 0.4) is 0 Å². The first-order chi connectivity index (χ1) is 11.6. The molecule has 2 saturated heterocycles. The van der Waals surface area contributed by atoms with Gasteiger partial charge in [-0.1, -0.05) is 12.1 Å². The minimum Gasteiger partial charge on any atom is -0.490 e. The van der Waals surface area contributed by atoms with Gasteiger partial charge in [0.2, 0.25) is 0 Å². The van der Waals surface area contributed by atoms with Crippen LogP contribution in [-0.4, -0.2) is 67.0 Å². The van der Waals surface area contributed by atoms with Gasteiger partial charge in [-0.2, -0.15) is 0 Å². The van der Waals surface area contributed by atoms with Crippen LogP contribution in [0.2, 0.25) is 0 Å². The lowest BCUT2D eigenvalue weighted by Crippen LogP contribution is -2.48. The third-order valence-electron chi connectivity index (χ3n) is 4.20. The van der Waals surface area contributed by atoms with Gasteiger partial charge < -0.3 is 24.2 Å². The van der Waals surface area contributed by atoms with E-state index in [0.29, 0.717) is 24.5 Å². The van der Waals surface area contributed by atoms with E-state index in [1.54, 1.807) is 24.3 Å². The van der Waals surface area contributed by atoms with Crippen LogP contribution in [0.1, 0.15) is 23.2 Å². The van der Waals surface area contributed by atoms with Crippen LogP contribution in [-0.2, 0) is 14.3 Å². The molecule has 7 heteroatoms. The highest BCUT2D eigenvalue weighted by atomic mass is 16.5. The second kappa shape index (κ2) is 7.63. The fraction of sp³-hybridized carbons (Fsp3) is 0.529. The Morgan fingerprint density at radius 2 is 2.08 bits per heavy atom. The summed E-state index contributed by atoms with van der Waals surface area (Å²) in [6, 6.07) is 7.01. The molecular weight excluding hydrogens is 314 g/mol. The first-order valence-corrected chi connectivity index (χ1v) is 8.12. The predicted molar refractivity (Wildman–Crippen MR) is 84.2 cm³/mol. The van der Waals surface area contributed by atoms with Crippen molar-refractivity contribution >= 4 is 11.9 Å². The van der Waals surface area contributed by atoms with Crippen LogP contribution < -0.4 is 4.74 Å². The minimum absolute atomic E-state index is 0.0359. The number of carboxylic acid groups (broad SMARTS) is 1. The summed E-state index contributed by atoms with van der Waals surface area (Å²) in [5.74, 6) is -0.806. The molecule has 0 unspecified atom stereocenters. The smallest absolute Gasteiger partial charge is 0.334 e. The molecule has 0 bridgehead atoms. The quantitative estimate of drug-likeness (QED) is 0.869. The molecule has 130 valence electrons. The number of carbonyl (C=O) groups excluding carboxylic acids is 1. The average Bonchev–Trinajstić information content (AvgIpc) is 3.13. The lowest BCUT2D eigenvalue weighted by atomic mass is 10.1. The number of carbonyl (C=O) groups is 2. The molecule has 2 aliphatic heterocycles. The van der Waals surface area contributed by atoms with Gasteiger partial charge in [0.05, 0.1) is 24.8 Å². The fourth-order valence-corrected chi connectivity index (χ4v) is 2.88. The third kappa shape index (κ3) is 3.85. The molecule has 2 atom stereocenters. The van der Waals surface area contributed by atoms with Crippen molar-refractivity contribution in [2.75, 3.05) is 32.9 Å². The molecule has 2 fully saturated rings. The van der Waals surface area contributed by atoms with Crippen molar-refractivity contribution < 1.29 is 28.9 Å². The highest BCUT2D eigenvalue weighted by Crippen LogP contribution is 2.23. The van der Waals surface area contributed by atoms with E-state index < -0.39 is 12.1 Å². The molecule has 0 radical (unpaired) electrons. The van der Waals surface area contributed by atoms with Crippen LogP contribution in [0.25, 0.3) is 0 Å². The van der Waals surface area contributed by atoms with Gasteiger partial charge in [-0.15, -0.1) is 0 Å². The van der Waals surface area contributed by atoms with E-state index >= 15 is 0 Å². The second-order valence-electron chi connectivity index (χ2n) is 5.89. The molecule has 1 aromatic rings. The van der Waals surface area contributed by atoms with Crippen molar-refractivity contribution in [3.05, 3.63) is 29.8 Å². The molecule has 0 spiro atoms. The average molecular weight is 335 g/mol. The second-order valence-corrected chi connectivity index (χ2v) is 5.89. The summed E-state index contributed by atoms with van der Waals surface area (Å²) >= 11 is 0. The molecule has 1 N–H and O–H groups in total. The van der Waals surface area contributed by atoms with Crippen LogP contribution in [0.5, 0.6) is 5.75 Å². The van der Waals surface area contributed by atoms with Crippen molar-refractivity contribution in [1.29, 1.82) is 0 Å². The first kappa shape index (κ1) is 16.7. The standard InChI is InChI=1S/C17H21NO6/c19-16(18-7-9-23-15(10-18)17(20)21)13-5-1-2-6-14(13)24-11-12-4-3-8-22-12/h1-2,5-6,12,15H,3-4,7-11H2,(H,20,21)/t12-,15-/m0/s1. The Morgan fingerprint density at radius 1 is 1.25 bits per heavy atom. The topological polar surface area (TPSA) is 85.3 Å². The Bertz CT molecular complexity index is 598. The van der Waals surface area contributed by atoms with Crippen LogP contribution in [0, 0.1) is 0 Å². The summed E-state index contributed by atoms with van der Waals surface area (Å²) in [5, 5.41) is 9.07. The van der Waals surface area contributed by atoms with Gasteiger partial charge in [0.15, 0.2) is 6.10 Å². The number of nitrogens with zero attached hydrogens (tertiary/aromatic N) is 1. The Balaban J connectivity index is 1.68. The Labute approximate surface area is 140 Å². The Kier molecular flexibility index (Phi) is 5.32. The maximum atomic E-state index is 12.8. The summed E-state index contributed by atoms with van der Waals surface area (Å²) in [6.07, 6.45) is 1.06. The van der Waals surface area contributed by atoms with Crippen molar-refractivity contribution in [1.82, 2.24) is 4.90 Å². The fourth-order valence-electron chi connectivity index (χ4n) is 2.88. The van der Waals surface area contributed by atoms with Crippen LogP contribution in [0.15, 0.2) is 24.3 Å². The summed E-state index contributed by atoms with van der Waals surface area (Å²) in [6.45, 7) is 1.77. The molecule has 1 amide bonds. The predicted octanol–water partition coefficient (Wildman–Crippen LogP) is 1.17. The molecule has 0 aromatic heterocycles. The molecule has 2 aliphatic rings. The number of aliphatic carboxylic acids is 1. The van der Waals surface area contributed by atoms with E-state index in [4.69, 9.17) is 19.3 Å². The Hall–Kier alpha value is -2.12. The molecular formula is C17H21NO6. The summed E-state index contributed by atoms with van der Waals surface area (Å²) < 4.78 is 16.5. The number of para-hydroxylation sites is 1. The van der Waals surface area contributed by atoms with Gasteiger partial charge in [0, 0.05) is 13.2 Å². The molecule has 24 heavy (non-hydrogen) atoms. The first-order valence-electron chi connectivity index (χ1n) is 8.12. The molecule has 1 aromatic carbocycles. The molecule has 0 aliphatic carbocycles. The lowest BCUT2D eigenvalue weighted by molar-refractivity contribution is -0.154. The van der Waals surface area contributed by atoms with Crippen molar-refractivity contribution in [2.24, 2.45) is 0 Å². The minimum atomic E-state index is -1.06. The van der Waals surface area contributed by atoms with E-state index in [9.17, 15) is 9.59 Å². The zero-order valence-corrected chi connectivity index (χ0v) is 13.3. The molecule has 7 nitrogen and oxygen atoms in total. The van der Waals surface area contributed by atoms with E-state index in [-0.39, 0.29) is 25.2 Å². The van der Waals surface area contributed by atoms with E-state index in [1.165, 1.54) is 4.90 Å². The highest BCUT2D eigenvalue weighted by molar-refractivity contribution is 5.97. The number of amides is 1. The summed E-state index contributed by atoms with van der Waals surface area (Å²) in [7, 11) is 0. The van der Waals surface area contributed by atoms with Gasteiger partial charge >= 0.3 is 5.97 Å². The van der Waals surface area contributed by atoms with Gasteiger partial charge in [0.1, 0.15) is 12.4 Å². The van der Waals surface area contributed by atoms with E-state index in [0.717, 1.165) is 19.4 Å². The van der Waals surface area contributed by atoms with Gasteiger partial charge in [-0.05, 0) is 25.0 Å². The largest absolute Gasteiger partial charge is 0.490 e. The maximum absolute atomic E-state index is 12.8. The van der Waals surface area contributed by atoms with Crippen LogP contribution in [0.4, 0.5) is 0 Å². The van der Waals surface area contributed by atoms with E-state index in [2.05, 4.69) is 0 Å². The monoisotopic (exact) mass is 335 g/mol. The number of ether oxygens (including phenoxy) is 3. The zero-order chi connectivity index (χ0) is 16.9. The number of rotatable bonds is 5. The number of benzene rings is 1. The SMILES string of the molecule is O=C(O)[C@@H]1CN(C(=O)c2ccccc2OC[C@@H]2CCCO2)CCO1. The normalized spacial score (nSPS) is 23.9. The van der Waals surface area contributed by atoms with Crippen molar-refractivity contribution in [2.45, 2.75) is 25.0 Å². The van der Waals surface area contributed by atoms with Gasteiger partial charge in [-0.3, -0.25) is 4.79 Å². The van der Waals surface area contributed by atoms with Crippen molar-refractivity contribution in [3.8, 4) is 5.75 Å². The number of hydrogen-bond acceptors (Lipinski definition) is 5. The van der Waals surface area contributed by atoms with Gasteiger partial charge in [0.25, 0.3) is 5.91 Å². The number of carboxylic acids is 1. The third-order valence-corrected chi connectivity index (χ3v) is 4.20. The summed E-state index contributed by atoms with van der Waals surface area (Å²) in [4.78, 5) is 25.3. The zero-order valence-electron chi connectivity index (χ0n) is 13.3. The van der Waals surface area contributed by atoms with E-state index in [1.807, 2.05) is 0 Å². The van der Waals surface area contributed by atoms with Crippen LogP contribution >= 0.6 is 0 Å². The number of morpholine rings is 1.